The summed E-state index contributed by atoms with van der Waals surface area (Å²) < 4.78 is 11.0. The van der Waals surface area contributed by atoms with Gasteiger partial charge in [0.1, 0.15) is 5.75 Å². The summed E-state index contributed by atoms with van der Waals surface area (Å²) in [6, 6.07) is 15.9. The third-order valence-electron chi connectivity index (χ3n) is 5.92. The van der Waals surface area contributed by atoms with Crippen LogP contribution < -0.4 is 15.8 Å². The van der Waals surface area contributed by atoms with E-state index in [-0.39, 0.29) is 12.0 Å². The van der Waals surface area contributed by atoms with E-state index < -0.39 is 0 Å². The molecule has 0 bridgehead atoms. The Morgan fingerprint density at radius 3 is 2.69 bits per heavy atom. The Bertz CT molecular complexity index is 1280. The quantitative estimate of drug-likeness (QED) is 0.236. The fourth-order valence-corrected chi connectivity index (χ4v) is 4.94. The number of hydrogen-bond donors (Lipinski definition) is 3. The van der Waals surface area contributed by atoms with Crippen molar-refractivity contribution in [3.63, 3.8) is 0 Å². The van der Waals surface area contributed by atoms with Crippen molar-refractivity contribution in [2.75, 3.05) is 18.5 Å². The summed E-state index contributed by atoms with van der Waals surface area (Å²) in [6.45, 7) is 3.42. The van der Waals surface area contributed by atoms with E-state index in [1.165, 1.54) is 0 Å². The Morgan fingerprint density at radius 1 is 1.17 bits per heavy atom. The molecule has 4 N–H and O–H groups in total. The number of benzene rings is 2. The fourth-order valence-electron chi connectivity index (χ4n) is 4.20. The zero-order valence-electron chi connectivity index (χ0n) is 19.4. The van der Waals surface area contributed by atoms with Crippen LogP contribution in [0.2, 0.25) is 0 Å². The van der Waals surface area contributed by atoms with Gasteiger partial charge in [-0.25, -0.2) is 4.98 Å². The summed E-state index contributed by atoms with van der Waals surface area (Å²) in [5.74, 6) is 2.06. The molecule has 180 valence electrons. The van der Waals surface area contributed by atoms with E-state index in [1.807, 2.05) is 65.7 Å². The molecule has 35 heavy (non-hydrogen) atoms. The highest BCUT2D eigenvalue weighted by molar-refractivity contribution is 7.14. The fraction of sp³-hybridized carbons (Fsp3) is 0.280. The standard InChI is InChI=1S/C25H27N7O2S/c1-2-33-20-11-7-16(8-12-20)21-15-35-25(29-21)28-18-9-5-17(6-10-18)23-30-22(34-31-23)14-19-4-3-13-32(19)24(26)27/h5-12,15,19H,2-4,13-14H2,1H3,(H3,26,27)(H,28,29)/t19-/m0/s1. The number of rotatable bonds is 8. The lowest BCUT2D eigenvalue weighted by Gasteiger charge is -2.23. The number of aromatic nitrogens is 3. The van der Waals surface area contributed by atoms with Gasteiger partial charge in [-0.2, -0.15) is 4.98 Å². The lowest BCUT2D eigenvalue weighted by molar-refractivity contribution is 0.320. The summed E-state index contributed by atoms with van der Waals surface area (Å²) in [5.41, 5.74) is 9.44. The molecule has 1 atom stereocenters. The SMILES string of the molecule is CCOc1ccc(-c2csc(Nc3ccc(-c4noc(C[C@@H]5CCCN5C(=N)N)n4)cc3)n2)cc1. The summed E-state index contributed by atoms with van der Waals surface area (Å²) in [6.07, 6.45) is 2.57. The van der Waals surface area contributed by atoms with Crippen molar-refractivity contribution in [3.8, 4) is 28.4 Å². The molecule has 2 aromatic heterocycles. The van der Waals surface area contributed by atoms with E-state index in [4.69, 9.17) is 25.4 Å². The molecule has 10 heteroatoms. The minimum atomic E-state index is 0.0992. The monoisotopic (exact) mass is 489 g/mol. The first-order valence-electron chi connectivity index (χ1n) is 11.6. The molecular formula is C25H27N7O2S. The molecule has 1 saturated heterocycles. The molecule has 0 aliphatic carbocycles. The summed E-state index contributed by atoms with van der Waals surface area (Å²) in [7, 11) is 0. The molecule has 9 nitrogen and oxygen atoms in total. The number of nitrogens with zero attached hydrogens (tertiary/aromatic N) is 4. The highest BCUT2D eigenvalue weighted by atomic mass is 32.1. The average molecular weight is 490 g/mol. The van der Waals surface area contributed by atoms with Crippen LogP contribution in [0.3, 0.4) is 0 Å². The minimum Gasteiger partial charge on any atom is -0.494 e. The van der Waals surface area contributed by atoms with Crippen molar-refractivity contribution >= 4 is 28.1 Å². The zero-order chi connectivity index (χ0) is 24.2. The Labute approximate surface area is 207 Å². The maximum Gasteiger partial charge on any atom is 0.229 e. The second-order valence-corrected chi connectivity index (χ2v) is 9.15. The van der Waals surface area contributed by atoms with Gasteiger partial charge in [0.15, 0.2) is 11.1 Å². The molecule has 5 rings (SSSR count). The minimum absolute atomic E-state index is 0.0992. The van der Waals surface area contributed by atoms with Gasteiger partial charge in [-0.15, -0.1) is 11.3 Å². The Hall–Kier alpha value is -3.92. The van der Waals surface area contributed by atoms with Gasteiger partial charge in [-0.3, -0.25) is 5.41 Å². The van der Waals surface area contributed by atoms with Crippen molar-refractivity contribution in [1.82, 2.24) is 20.0 Å². The molecule has 2 aromatic carbocycles. The molecule has 0 unspecified atom stereocenters. The highest BCUT2D eigenvalue weighted by Crippen LogP contribution is 2.29. The first-order chi connectivity index (χ1) is 17.1. The van der Waals surface area contributed by atoms with Gasteiger partial charge in [-0.1, -0.05) is 5.16 Å². The van der Waals surface area contributed by atoms with Crippen molar-refractivity contribution < 1.29 is 9.26 Å². The van der Waals surface area contributed by atoms with Crippen LogP contribution in [-0.4, -0.2) is 45.2 Å². The third-order valence-corrected chi connectivity index (χ3v) is 6.68. The van der Waals surface area contributed by atoms with Crippen LogP contribution in [0.4, 0.5) is 10.8 Å². The van der Waals surface area contributed by atoms with Crippen LogP contribution in [-0.2, 0) is 6.42 Å². The van der Waals surface area contributed by atoms with Gasteiger partial charge < -0.3 is 25.2 Å². The Morgan fingerprint density at radius 2 is 1.94 bits per heavy atom. The first-order valence-corrected chi connectivity index (χ1v) is 12.5. The molecule has 0 amide bonds. The third kappa shape index (κ3) is 5.27. The van der Waals surface area contributed by atoms with E-state index in [1.54, 1.807) is 11.3 Å². The maximum absolute atomic E-state index is 7.72. The summed E-state index contributed by atoms with van der Waals surface area (Å²) >= 11 is 1.55. The van der Waals surface area contributed by atoms with Crippen LogP contribution in [0.25, 0.3) is 22.6 Å². The average Bonchev–Trinajstić information content (AvgIpc) is 3.62. The molecule has 0 saturated carbocycles. The number of guanidine groups is 1. The summed E-state index contributed by atoms with van der Waals surface area (Å²) in [4.78, 5) is 11.1. The van der Waals surface area contributed by atoms with E-state index in [0.717, 1.165) is 52.8 Å². The van der Waals surface area contributed by atoms with Crippen molar-refractivity contribution in [2.24, 2.45) is 5.73 Å². The lowest BCUT2D eigenvalue weighted by atomic mass is 10.1. The van der Waals surface area contributed by atoms with Crippen LogP contribution in [0.5, 0.6) is 5.75 Å². The largest absolute Gasteiger partial charge is 0.494 e. The Balaban J connectivity index is 1.21. The maximum atomic E-state index is 7.72. The molecule has 0 radical (unpaired) electrons. The van der Waals surface area contributed by atoms with Gasteiger partial charge in [0.25, 0.3) is 0 Å². The van der Waals surface area contributed by atoms with Gasteiger partial charge >= 0.3 is 0 Å². The number of nitrogens with two attached hydrogens (primary N) is 1. The van der Waals surface area contributed by atoms with Crippen molar-refractivity contribution in [1.29, 1.82) is 5.41 Å². The second-order valence-electron chi connectivity index (χ2n) is 8.29. The zero-order valence-corrected chi connectivity index (χ0v) is 20.2. The lowest BCUT2D eigenvalue weighted by Crippen LogP contribution is -2.41. The molecule has 0 spiro atoms. The van der Waals surface area contributed by atoms with Gasteiger partial charge in [-0.05, 0) is 68.3 Å². The molecule has 1 aliphatic heterocycles. The number of ether oxygens (including phenoxy) is 1. The van der Waals surface area contributed by atoms with Gasteiger partial charge in [0.05, 0.1) is 12.3 Å². The van der Waals surface area contributed by atoms with Crippen molar-refractivity contribution in [3.05, 3.63) is 59.8 Å². The van der Waals surface area contributed by atoms with Crippen LogP contribution in [0.1, 0.15) is 25.7 Å². The predicted octanol–water partition coefficient (Wildman–Crippen LogP) is 4.90. The Kier molecular flexibility index (Phi) is 6.62. The smallest absolute Gasteiger partial charge is 0.229 e. The molecule has 1 aliphatic rings. The number of hydrogen-bond acceptors (Lipinski definition) is 8. The van der Waals surface area contributed by atoms with Crippen LogP contribution in [0, 0.1) is 5.41 Å². The van der Waals surface area contributed by atoms with Gasteiger partial charge in [0, 0.05) is 41.2 Å². The van der Waals surface area contributed by atoms with Crippen molar-refractivity contribution in [2.45, 2.75) is 32.2 Å². The molecular weight excluding hydrogens is 462 g/mol. The van der Waals surface area contributed by atoms with Crippen LogP contribution >= 0.6 is 11.3 Å². The van der Waals surface area contributed by atoms with E-state index >= 15 is 0 Å². The first kappa shape index (κ1) is 22.9. The van der Waals surface area contributed by atoms with E-state index in [0.29, 0.717) is 24.7 Å². The van der Waals surface area contributed by atoms with E-state index in [2.05, 4.69) is 15.5 Å². The topological polar surface area (TPSA) is 126 Å². The van der Waals surface area contributed by atoms with E-state index in [9.17, 15) is 0 Å². The number of anilines is 2. The van der Waals surface area contributed by atoms with Crippen LogP contribution in [0.15, 0.2) is 58.4 Å². The normalized spacial score (nSPS) is 15.3. The number of nitrogens with one attached hydrogen (secondary N) is 2. The molecule has 4 aromatic rings. The highest BCUT2D eigenvalue weighted by Gasteiger charge is 2.27. The van der Waals surface area contributed by atoms with Gasteiger partial charge in [0.2, 0.25) is 11.7 Å². The number of thiazole rings is 1. The summed E-state index contributed by atoms with van der Waals surface area (Å²) in [5, 5.41) is 18.1. The molecule has 3 heterocycles. The predicted molar refractivity (Wildman–Crippen MR) is 137 cm³/mol. The number of likely N-dealkylation sites (tertiary alicyclic amines) is 1. The second kappa shape index (κ2) is 10.1. The molecule has 1 fully saturated rings.